The van der Waals surface area contributed by atoms with Crippen LogP contribution in [0.15, 0.2) is 59.3 Å². The van der Waals surface area contributed by atoms with E-state index >= 15 is 0 Å². The van der Waals surface area contributed by atoms with Crippen LogP contribution >= 0.6 is 11.3 Å². The van der Waals surface area contributed by atoms with Gasteiger partial charge in [0.15, 0.2) is 0 Å². The molecule has 0 radical (unpaired) electrons. The van der Waals surface area contributed by atoms with Gasteiger partial charge in [-0.15, -0.1) is 17.9 Å². The zero-order valence-corrected chi connectivity index (χ0v) is 14.4. The molecule has 1 heterocycles. The van der Waals surface area contributed by atoms with Crippen molar-refractivity contribution in [3.8, 4) is 0 Å². The second-order valence-electron chi connectivity index (χ2n) is 4.91. The molecule has 1 aromatic carbocycles. The van der Waals surface area contributed by atoms with Crippen molar-refractivity contribution in [3.05, 3.63) is 64.9 Å². The largest absolute Gasteiger partial charge is 0.337 e. The number of carbonyl (C=O) groups is 1. The van der Waals surface area contributed by atoms with Crippen LogP contribution in [0, 0.1) is 0 Å². The first-order valence-corrected chi connectivity index (χ1v) is 9.29. The molecule has 1 amide bonds. The lowest BCUT2D eigenvalue weighted by Crippen LogP contribution is -2.26. The maximum Gasteiger partial charge on any atom is 0.253 e. The standard InChI is InChI=1S/C16H18N2O3S2/c1-3-10-17-23(20,21)15-8-6-13(7-9-15)16(19)18(2)12-14-5-4-11-22-14/h3-9,11,17H,1,10,12H2,2H3. The molecule has 1 aromatic heterocycles. The highest BCUT2D eigenvalue weighted by Gasteiger charge is 2.16. The summed E-state index contributed by atoms with van der Waals surface area (Å²) in [7, 11) is -1.85. The number of benzene rings is 1. The Balaban J connectivity index is 2.09. The van der Waals surface area contributed by atoms with Gasteiger partial charge >= 0.3 is 0 Å². The van der Waals surface area contributed by atoms with Gasteiger partial charge in [0.25, 0.3) is 5.91 Å². The third-order valence-electron chi connectivity index (χ3n) is 3.15. The van der Waals surface area contributed by atoms with Crippen LogP contribution in [0.25, 0.3) is 0 Å². The van der Waals surface area contributed by atoms with Crippen LogP contribution in [-0.2, 0) is 16.6 Å². The van der Waals surface area contributed by atoms with Crippen molar-refractivity contribution in [2.45, 2.75) is 11.4 Å². The maximum atomic E-state index is 12.4. The second kappa shape index (κ2) is 7.54. The van der Waals surface area contributed by atoms with Crippen molar-refractivity contribution >= 4 is 27.3 Å². The lowest BCUT2D eigenvalue weighted by atomic mass is 10.2. The van der Waals surface area contributed by atoms with Gasteiger partial charge in [0.2, 0.25) is 10.0 Å². The summed E-state index contributed by atoms with van der Waals surface area (Å²) in [5, 5.41) is 1.96. The Morgan fingerprint density at radius 2 is 2.00 bits per heavy atom. The number of hydrogen-bond donors (Lipinski definition) is 1. The molecule has 0 unspecified atom stereocenters. The van der Waals surface area contributed by atoms with Crippen molar-refractivity contribution in [1.82, 2.24) is 9.62 Å². The van der Waals surface area contributed by atoms with E-state index in [1.165, 1.54) is 30.3 Å². The quantitative estimate of drug-likeness (QED) is 0.780. The molecular weight excluding hydrogens is 332 g/mol. The van der Waals surface area contributed by atoms with E-state index in [1.54, 1.807) is 23.3 Å². The van der Waals surface area contributed by atoms with Gasteiger partial charge in [0.05, 0.1) is 11.4 Å². The Bertz CT molecular complexity index is 766. The summed E-state index contributed by atoms with van der Waals surface area (Å²) < 4.78 is 26.3. The number of hydrogen-bond acceptors (Lipinski definition) is 4. The lowest BCUT2D eigenvalue weighted by Gasteiger charge is -2.16. The van der Waals surface area contributed by atoms with E-state index in [1.807, 2.05) is 17.5 Å². The molecule has 2 rings (SSSR count). The van der Waals surface area contributed by atoms with E-state index in [0.29, 0.717) is 12.1 Å². The van der Waals surface area contributed by atoms with Gasteiger partial charge in [-0.2, -0.15) is 0 Å². The third kappa shape index (κ3) is 4.51. The molecule has 0 aliphatic carbocycles. The number of sulfonamides is 1. The normalized spacial score (nSPS) is 11.2. The molecule has 1 N–H and O–H groups in total. The molecule has 122 valence electrons. The zero-order valence-electron chi connectivity index (χ0n) is 12.7. The van der Waals surface area contributed by atoms with Crippen LogP contribution < -0.4 is 4.72 Å². The average molecular weight is 350 g/mol. The Hall–Kier alpha value is -1.96. The topological polar surface area (TPSA) is 66.5 Å². The van der Waals surface area contributed by atoms with Gasteiger partial charge < -0.3 is 4.90 Å². The second-order valence-corrected chi connectivity index (χ2v) is 7.70. The van der Waals surface area contributed by atoms with Crippen molar-refractivity contribution < 1.29 is 13.2 Å². The summed E-state index contributed by atoms with van der Waals surface area (Å²) in [4.78, 5) is 15.2. The highest BCUT2D eigenvalue weighted by Crippen LogP contribution is 2.15. The minimum atomic E-state index is -3.57. The summed E-state index contributed by atoms with van der Waals surface area (Å²) in [6.07, 6.45) is 1.47. The maximum absolute atomic E-state index is 12.4. The molecule has 0 saturated heterocycles. The molecular formula is C16H18N2O3S2. The molecule has 23 heavy (non-hydrogen) atoms. The molecule has 0 spiro atoms. The van der Waals surface area contributed by atoms with Crippen molar-refractivity contribution in [3.63, 3.8) is 0 Å². The molecule has 0 bridgehead atoms. The minimum Gasteiger partial charge on any atom is -0.337 e. The van der Waals surface area contributed by atoms with Crippen molar-refractivity contribution in [2.75, 3.05) is 13.6 Å². The van der Waals surface area contributed by atoms with Gasteiger partial charge in [0, 0.05) is 24.0 Å². The van der Waals surface area contributed by atoms with E-state index in [4.69, 9.17) is 0 Å². The summed E-state index contributed by atoms with van der Waals surface area (Å²) in [5.41, 5.74) is 0.451. The van der Waals surface area contributed by atoms with Gasteiger partial charge in [-0.3, -0.25) is 4.79 Å². The van der Waals surface area contributed by atoms with Crippen LogP contribution in [0.2, 0.25) is 0 Å². The number of rotatable bonds is 7. The van der Waals surface area contributed by atoms with Crippen LogP contribution in [0.1, 0.15) is 15.2 Å². The number of amides is 1. The molecule has 2 aromatic rings. The van der Waals surface area contributed by atoms with Gasteiger partial charge in [0.1, 0.15) is 0 Å². The summed E-state index contributed by atoms with van der Waals surface area (Å²) in [6.45, 7) is 4.15. The first kappa shape index (κ1) is 17.4. The van der Waals surface area contributed by atoms with Crippen LogP contribution in [0.4, 0.5) is 0 Å². The van der Waals surface area contributed by atoms with Crippen LogP contribution in [0.3, 0.4) is 0 Å². The molecule has 0 aliphatic rings. The predicted molar refractivity (Wildman–Crippen MR) is 91.9 cm³/mol. The monoisotopic (exact) mass is 350 g/mol. The molecule has 0 fully saturated rings. The van der Waals surface area contributed by atoms with E-state index in [9.17, 15) is 13.2 Å². The minimum absolute atomic E-state index is 0.122. The Morgan fingerprint density at radius 3 is 2.57 bits per heavy atom. The van der Waals surface area contributed by atoms with Crippen molar-refractivity contribution in [1.29, 1.82) is 0 Å². The van der Waals surface area contributed by atoms with E-state index in [0.717, 1.165) is 4.88 Å². The highest BCUT2D eigenvalue weighted by atomic mass is 32.2. The zero-order chi connectivity index (χ0) is 16.9. The Kier molecular flexibility index (Phi) is 5.70. The summed E-state index contributed by atoms with van der Waals surface area (Å²) >= 11 is 1.59. The number of nitrogens with one attached hydrogen (secondary N) is 1. The number of nitrogens with zero attached hydrogens (tertiary/aromatic N) is 1. The fraction of sp³-hybridized carbons (Fsp3) is 0.188. The number of carbonyl (C=O) groups excluding carboxylic acids is 1. The molecule has 0 atom stereocenters. The molecule has 7 heteroatoms. The fourth-order valence-electron chi connectivity index (χ4n) is 1.96. The first-order chi connectivity index (χ1) is 10.9. The SMILES string of the molecule is C=CCNS(=O)(=O)c1ccc(C(=O)N(C)Cc2cccs2)cc1. The van der Waals surface area contributed by atoms with E-state index in [2.05, 4.69) is 11.3 Å². The molecule has 0 aliphatic heterocycles. The average Bonchev–Trinajstić information content (AvgIpc) is 3.05. The highest BCUT2D eigenvalue weighted by molar-refractivity contribution is 7.89. The summed E-state index contributed by atoms with van der Waals surface area (Å²) in [5.74, 6) is -0.151. The van der Waals surface area contributed by atoms with Gasteiger partial charge in [-0.1, -0.05) is 12.1 Å². The Morgan fingerprint density at radius 1 is 1.30 bits per heavy atom. The van der Waals surface area contributed by atoms with Gasteiger partial charge in [-0.25, -0.2) is 13.1 Å². The van der Waals surface area contributed by atoms with Crippen LogP contribution in [-0.4, -0.2) is 32.8 Å². The smallest absolute Gasteiger partial charge is 0.253 e. The van der Waals surface area contributed by atoms with Crippen molar-refractivity contribution in [2.24, 2.45) is 0 Å². The van der Waals surface area contributed by atoms with Crippen LogP contribution in [0.5, 0.6) is 0 Å². The first-order valence-electron chi connectivity index (χ1n) is 6.92. The lowest BCUT2D eigenvalue weighted by molar-refractivity contribution is 0.0786. The van der Waals surface area contributed by atoms with E-state index < -0.39 is 10.0 Å². The summed E-state index contributed by atoms with van der Waals surface area (Å²) in [6, 6.07) is 9.81. The third-order valence-corrected chi connectivity index (χ3v) is 5.45. The molecule has 5 nitrogen and oxygen atoms in total. The van der Waals surface area contributed by atoms with Gasteiger partial charge in [-0.05, 0) is 35.7 Å². The fourth-order valence-corrected chi connectivity index (χ4v) is 3.71. The Labute approximate surface area is 140 Å². The predicted octanol–water partition coefficient (Wildman–Crippen LogP) is 2.48. The number of thiophene rings is 1. The molecule has 0 saturated carbocycles. The van der Waals surface area contributed by atoms with E-state index in [-0.39, 0.29) is 17.3 Å².